The largest absolute Gasteiger partial charge is 0.311 e. The number of piperazine rings is 1. The molecule has 1 fully saturated rings. The lowest BCUT2D eigenvalue weighted by molar-refractivity contribution is 0.0341. The minimum Gasteiger partial charge on any atom is -0.311 e. The van der Waals surface area contributed by atoms with Crippen molar-refractivity contribution in [1.29, 1.82) is 0 Å². The maximum atomic E-state index is 3.78. The van der Waals surface area contributed by atoms with Gasteiger partial charge in [0, 0.05) is 31.2 Å². The highest BCUT2D eigenvalue weighted by atomic mass is 32.1. The molecule has 0 bridgehead atoms. The van der Waals surface area contributed by atoms with Crippen molar-refractivity contribution in [2.75, 3.05) is 13.1 Å². The summed E-state index contributed by atoms with van der Waals surface area (Å²) in [5, 5.41) is 8.28. The maximum absolute atomic E-state index is 3.78. The molecule has 1 aliphatic heterocycles. The van der Waals surface area contributed by atoms with Crippen LogP contribution in [0.1, 0.15) is 53.1 Å². The smallest absolute Gasteiger partial charge is 0.0332 e. The van der Waals surface area contributed by atoms with E-state index in [0.717, 1.165) is 13.1 Å². The van der Waals surface area contributed by atoms with Crippen LogP contribution in [-0.4, -0.2) is 30.1 Å². The average molecular weight is 295 g/mol. The normalized spacial score (nSPS) is 26.9. The number of rotatable bonds is 3. The standard InChI is InChI=1S/C17H30N2S/c1-12(2)15-9-18-16(17(4,5)6)10-19(15)13(3)14-7-8-20-11-14/h7-8,11-13,15-16,18H,9-10H2,1-6H3. The monoisotopic (exact) mass is 294 g/mol. The van der Waals surface area contributed by atoms with Gasteiger partial charge in [-0.05, 0) is 40.6 Å². The predicted octanol–water partition coefficient (Wildman–Crippen LogP) is 4.15. The molecule has 1 saturated heterocycles. The molecule has 1 aliphatic rings. The summed E-state index contributed by atoms with van der Waals surface area (Å²) in [4.78, 5) is 2.72. The van der Waals surface area contributed by atoms with Gasteiger partial charge in [0.2, 0.25) is 0 Å². The molecule has 0 aliphatic carbocycles. The second kappa shape index (κ2) is 6.17. The van der Waals surface area contributed by atoms with E-state index in [-0.39, 0.29) is 0 Å². The lowest BCUT2D eigenvalue weighted by Gasteiger charge is -2.48. The van der Waals surface area contributed by atoms with E-state index in [1.807, 2.05) is 0 Å². The Balaban J connectivity index is 2.19. The van der Waals surface area contributed by atoms with Crippen molar-refractivity contribution in [2.45, 2.75) is 59.7 Å². The van der Waals surface area contributed by atoms with E-state index >= 15 is 0 Å². The van der Waals surface area contributed by atoms with E-state index in [0.29, 0.717) is 29.5 Å². The second-order valence-corrected chi connectivity index (χ2v) is 8.35. The van der Waals surface area contributed by atoms with Gasteiger partial charge < -0.3 is 5.32 Å². The fraction of sp³-hybridized carbons (Fsp3) is 0.765. The van der Waals surface area contributed by atoms with Crippen molar-refractivity contribution in [3.63, 3.8) is 0 Å². The van der Waals surface area contributed by atoms with Crippen LogP contribution < -0.4 is 5.32 Å². The molecule has 20 heavy (non-hydrogen) atoms. The van der Waals surface area contributed by atoms with Gasteiger partial charge >= 0.3 is 0 Å². The summed E-state index contributed by atoms with van der Waals surface area (Å²) in [6.45, 7) is 16.3. The molecule has 2 heterocycles. The lowest BCUT2D eigenvalue weighted by Crippen LogP contribution is -2.61. The minimum atomic E-state index is 0.314. The summed E-state index contributed by atoms with van der Waals surface area (Å²) in [5.74, 6) is 0.685. The number of hydrogen-bond acceptors (Lipinski definition) is 3. The summed E-state index contributed by atoms with van der Waals surface area (Å²) >= 11 is 1.81. The Morgan fingerprint density at radius 2 is 2.00 bits per heavy atom. The van der Waals surface area contributed by atoms with E-state index < -0.39 is 0 Å². The van der Waals surface area contributed by atoms with Gasteiger partial charge in [-0.15, -0.1) is 0 Å². The first-order chi connectivity index (χ1) is 9.30. The van der Waals surface area contributed by atoms with Gasteiger partial charge in [-0.3, -0.25) is 4.90 Å². The van der Waals surface area contributed by atoms with E-state index in [4.69, 9.17) is 0 Å². The molecular formula is C17H30N2S. The van der Waals surface area contributed by atoms with Crippen LogP contribution in [0.2, 0.25) is 0 Å². The zero-order valence-corrected chi connectivity index (χ0v) is 14.6. The SMILES string of the molecule is CC(C)C1CNC(C(C)(C)C)CN1C(C)c1ccsc1. The number of nitrogens with one attached hydrogen (secondary N) is 1. The molecule has 3 heteroatoms. The quantitative estimate of drug-likeness (QED) is 0.901. The van der Waals surface area contributed by atoms with Crippen molar-refractivity contribution in [3.05, 3.63) is 22.4 Å². The summed E-state index contributed by atoms with van der Waals surface area (Å²) in [7, 11) is 0. The molecule has 1 aromatic heterocycles. The van der Waals surface area contributed by atoms with E-state index in [9.17, 15) is 0 Å². The van der Waals surface area contributed by atoms with Gasteiger partial charge in [-0.25, -0.2) is 0 Å². The molecule has 0 spiro atoms. The topological polar surface area (TPSA) is 15.3 Å². The summed E-state index contributed by atoms with van der Waals surface area (Å²) in [6, 6.07) is 3.99. The van der Waals surface area contributed by atoms with Crippen LogP contribution in [0, 0.1) is 11.3 Å². The summed E-state index contributed by atoms with van der Waals surface area (Å²) in [6.07, 6.45) is 0. The second-order valence-electron chi connectivity index (χ2n) is 7.57. The summed E-state index contributed by atoms with van der Waals surface area (Å²) in [5.41, 5.74) is 1.78. The van der Waals surface area contributed by atoms with Crippen LogP contribution in [-0.2, 0) is 0 Å². The number of hydrogen-bond donors (Lipinski definition) is 1. The molecule has 3 unspecified atom stereocenters. The van der Waals surface area contributed by atoms with E-state index in [1.54, 1.807) is 11.3 Å². The van der Waals surface area contributed by atoms with Gasteiger partial charge in [-0.1, -0.05) is 34.6 Å². The van der Waals surface area contributed by atoms with Crippen LogP contribution >= 0.6 is 11.3 Å². The van der Waals surface area contributed by atoms with Crippen LogP contribution in [0.4, 0.5) is 0 Å². The molecule has 1 N–H and O–H groups in total. The first-order valence-electron chi connectivity index (χ1n) is 7.82. The van der Waals surface area contributed by atoms with Gasteiger partial charge in [-0.2, -0.15) is 11.3 Å². The van der Waals surface area contributed by atoms with Crippen molar-refractivity contribution >= 4 is 11.3 Å². The molecule has 3 atom stereocenters. The zero-order valence-electron chi connectivity index (χ0n) is 13.8. The van der Waals surface area contributed by atoms with Crippen LogP contribution in [0.15, 0.2) is 16.8 Å². The third kappa shape index (κ3) is 3.44. The summed E-state index contributed by atoms with van der Waals surface area (Å²) < 4.78 is 0. The van der Waals surface area contributed by atoms with Crippen molar-refractivity contribution in [1.82, 2.24) is 10.2 Å². The van der Waals surface area contributed by atoms with Crippen molar-refractivity contribution < 1.29 is 0 Å². The van der Waals surface area contributed by atoms with Gasteiger partial charge in [0.1, 0.15) is 0 Å². The highest BCUT2D eigenvalue weighted by Gasteiger charge is 2.37. The Kier molecular flexibility index (Phi) is 4.93. The van der Waals surface area contributed by atoms with E-state index in [1.165, 1.54) is 5.56 Å². The predicted molar refractivity (Wildman–Crippen MR) is 89.3 cm³/mol. The number of thiophene rings is 1. The highest BCUT2D eigenvalue weighted by Crippen LogP contribution is 2.32. The Bertz CT molecular complexity index is 405. The Labute approximate surface area is 128 Å². The minimum absolute atomic E-state index is 0.314. The van der Waals surface area contributed by atoms with Crippen LogP contribution in [0.5, 0.6) is 0 Å². The maximum Gasteiger partial charge on any atom is 0.0332 e. The van der Waals surface area contributed by atoms with Gasteiger partial charge in [0.25, 0.3) is 0 Å². The Morgan fingerprint density at radius 3 is 2.50 bits per heavy atom. The van der Waals surface area contributed by atoms with Crippen molar-refractivity contribution in [3.8, 4) is 0 Å². The van der Waals surface area contributed by atoms with Gasteiger partial charge in [0.05, 0.1) is 0 Å². The Morgan fingerprint density at radius 1 is 1.30 bits per heavy atom. The first-order valence-corrected chi connectivity index (χ1v) is 8.76. The molecule has 2 rings (SSSR count). The lowest BCUT2D eigenvalue weighted by atomic mass is 9.83. The molecule has 114 valence electrons. The average Bonchev–Trinajstić information content (AvgIpc) is 2.89. The van der Waals surface area contributed by atoms with E-state index in [2.05, 4.69) is 68.6 Å². The zero-order chi connectivity index (χ0) is 14.9. The molecule has 0 amide bonds. The molecule has 2 nitrogen and oxygen atoms in total. The van der Waals surface area contributed by atoms with Gasteiger partial charge in [0.15, 0.2) is 0 Å². The molecule has 0 aromatic carbocycles. The first kappa shape index (κ1) is 16.0. The highest BCUT2D eigenvalue weighted by molar-refractivity contribution is 7.07. The third-order valence-corrected chi connectivity index (χ3v) is 5.43. The van der Waals surface area contributed by atoms with Crippen LogP contribution in [0.3, 0.4) is 0 Å². The molecule has 0 radical (unpaired) electrons. The van der Waals surface area contributed by atoms with Crippen molar-refractivity contribution in [2.24, 2.45) is 11.3 Å². The molecule has 1 aromatic rings. The third-order valence-electron chi connectivity index (χ3n) is 4.73. The molecular weight excluding hydrogens is 264 g/mol. The number of nitrogens with zero attached hydrogens (tertiary/aromatic N) is 1. The van der Waals surface area contributed by atoms with Crippen LogP contribution in [0.25, 0.3) is 0 Å². The fourth-order valence-electron chi connectivity index (χ4n) is 3.14. The Hall–Kier alpha value is -0.380. The molecule has 0 saturated carbocycles. The fourth-order valence-corrected chi connectivity index (χ4v) is 3.89.